The van der Waals surface area contributed by atoms with Crippen molar-refractivity contribution >= 4 is 17.4 Å². The molecule has 40 valence electrons. The van der Waals surface area contributed by atoms with E-state index in [0.717, 1.165) is 0 Å². The molecule has 0 saturated heterocycles. The lowest BCUT2D eigenvalue weighted by molar-refractivity contribution is 1.45. The highest BCUT2D eigenvalue weighted by Crippen LogP contribution is 1.95. The summed E-state index contributed by atoms with van der Waals surface area (Å²) in [4.78, 5) is 3.54. The van der Waals surface area contributed by atoms with Crippen molar-refractivity contribution in [2.24, 2.45) is 10.7 Å². The first-order valence-corrected chi connectivity index (χ1v) is 2.16. The Bertz CT molecular complexity index is 102. The second-order valence-corrected chi connectivity index (χ2v) is 1.57. The van der Waals surface area contributed by atoms with Gasteiger partial charge in [-0.3, -0.25) is 0 Å². The maximum absolute atomic E-state index is 5.21. The summed E-state index contributed by atoms with van der Waals surface area (Å²) in [5.74, 6) is 0.431. The van der Waals surface area contributed by atoms with Crippen LogP contribution in [0.3, 0.4) is 0 Å². The summed E-state index contributed by atoms with van der Waals surface area (Å²) in [7, 11) is 0. The monoisotopic (exact) mass is 118 g/mol. The van der Waals surface area contributed by atoms with Gasteiger partial charge in [0, 0.05) is 0 Å². The normalized spacial score (nSPS) is 11.4. The molecule has 0 aromatic heterocycles. The quantitative estimate of drug-likeness (QED) is 0.312. The standard InChI is InChI=1S/C4H7ClN2/c1-3(5)7-4(2)6/h1H2,2H3,(H2,6,7). The fraction of sp³-hybridized carbons (Fsp3) is 0.250. The molecule has 0 unspecified atom stereocenters. The van der Waals surface area contributed by atoms with Crippen LogP contribution in [0.25, 0.3) is 0 Å². The highest BCUT2D eigenvalue weighted by atomic mass is 35.5. The first kappa shape index (κ1) is 6.50. The molecule has 7 heavy (non-hydrogen) atoms. The van der Waals surface area contributed by atoms with Crippen molar-refractivity contribution in [2.75, 3.05) is 0 Å². The predicted molar refractivity (Wildman–Crippen MR) is 32.3 cm³/mol. The second-order valence-electron chi connectivity index (χ2n) is 1.13. The average molecular weight is 119 g/mol. The third kappa shape index (κ3) is 5.50. The molecule has 0 bridgehead atoms. The van der Waals surface area contributed by atoms with Gasteiger partial charge in [0.05, 0.1) is 5.84 Å². The van der Waals surface area contributed by atoms with Crippen LogP contribution in [0.15, 0.2) is 16.7 Å². The number of hydrogen-bond donors (Lipinski definition) is 1. The molecule has 0 spiro atoms. The van der Waals surface area contributed by atoms with Gasteiger partial charge in [0.2, 0.25) is 0 Å². The lowest BCUT2D eigenvalue weighted by atomic mass is 10.7. The number of rotatable bonds is 1. The van der Waals surface area contributed by atoms with Crippen LogP contribution < -0.4 is 5.73 Å². The van der Waals surface area contributed by atoms with Gasteiger partial charge in [-0.1, -0.05) is 18.2 Å². The number of nitrogens with two attached hydrogens (primary N) is 1. The Hall–Kier alpha value is -0.500. The lowest BCUT2D eigenvalue weighted by Crippen LogP contribution is -2.03. The zero-order valence-electron chi connectivity index (χ0n) is 4.11. The largest absolute Gasteiger partial charge is 0.387 e. The number of halogens is 1. The summed E-state index contributed by atoms with van der Waals surface area (Å²) < 4.78 is 0. The van der Waals surface area contributed by atoms with E-state index in [1.165, 1.54) is 0 Å². The van der Waals surface area contributed by atoms with E-state index in [-0.39, 0.29) is 5.16 Å². The van der Waals surface area contributed by atoms with Crippen molar-refractivity contribution in [3.63, 3.8) is 0 Å². The van der Waals surface area contributed by atoms with E-state index < -0.39 is 0 Å². The van der Waals surface area contributed by atoms with E-state index in [2.05, 4.69) is 11.6 Å². The third-order valence-electron chi connectivity index (χ3n) is 0.298. The molecule has 0 amide bonds. The molecule has 0 rings (SSSR count). The molecule has 0 aromatic rings. The van der Waals surface area contributed by atoms with E-state index >= 15 is 0 Å². The first-order chi connectivity index (χ1) is 3.13. The van der Waals surface area contributed by atoms with Crippen LogP contribution in [0.1, 0.15) is 6.92 Å². The molecule has 0 aliphatic carbocycles. The van der Waals surface area contributed by atoms with Crippen molar-refractivity contribution in [1.82, 2.24) is 0 Å². The summed E-state index contributed by atoms with van der Waals surface area (Å²) in [6.07, 6.45) is 0. The maximum Gasteiger partial charge on any atom is 0.123 e. The Kier molecular flexibility index (Phi) is 2.45. The lowest BCUT2D eigenvalue weighted by Gasteiger charge is -1.84. The van der Waals surface area contributed by atoms with Gasteiger partial charge in [0.1, 0.15) is 5.16 Å². The summed E-state index contributed by atoms with van der Waals surface area (Å²) in [6.45, 7) is 4.94. The topological polar surface area (TPSA) is 38.4 Å². The van der Waals surface area contributed by atoms with Gasteiger partial charge in [0.25, 0.3) is 0 Å². The van der Waals surface area contributed by atoms with Gasteiger partial charge in [-0.05, 0) is 6.92 Å². The molecule has 2 N–H and O–H groups in total. The van der Waals surface area contributed by atoms with Crippen molar-refractivity contribution in [3.8, 4) is 0 Å². The molecular formula is C4H7ClN2. The van der Waals surface area contributed by atoms with Crippen LogP contribution in [0, 0.1) is 0 Å². The van der Waals surface area contributed by atoms with Gasteiger partial charge in [-0.2, -0.15) is 0 Å². The molecule has 0 aromatic carbocycles. The van der Waals surface area contributed by atoms with Crippen LogP contribution in [-0.2, 0) is 0 Å². The smallest absolute Gasteiger partial charge is 0.123 e. The summed E-state index contributed by atoms with van der Waals surface area (Å²) in [6, 6.07) is 0. The number of hydrogen-bond acceptors (Lipinski definition) is 1. The predicted octanol–water partition coefficient (Wildman–Crippen LogP) is 1.07. The van der Waals surface area contributed by atoms with Gasteiger partial charge in [0.15, 0.2) is 0 Å². The Labute approximate surface area is 47.7 Å². The molecule has 0 radical (unpaired) electrons. The Morgan fingerprint density at radius 2 is 2.29 bits per heavy atom. The molecule has 0 fully saturated rings. The SMILES string of the molecule is C=C(Cl)/N=C(\C)N. The summed E-state index contributed by atoms with van der Waals surface area (Å²) >= 11 is 5.21. The molecule has 0 atom stereocenters. The fourth-order valence-electron chi connectivity index (χ4n) is 0.191. The summed E-state index contributed by atoms with van der Waals surface area (Å²) in [5.41, 5.74) is 5.10. The highest BCUT2D eigenvalue weighted by Gasteiger charge is 1.77. The zero-order chi connectivity index (χ0) is 5.86. The molecule has 0 aliphatic rings. The molecular weight excluding hydrogens is 112 g/mol. The number of aliphatic imine (C=N–C) groups is 1. The number of nitrogens with zero attached hydrogens (tertiary/aromatic N) is 1. The van der Waals surface area contributed by atoms with Crippen molar-refractivity contribution < 1.29 is 0 Å². The Morgan fingerprint density at radius 3 is 2.29 bits per heavy atom. The van der Waals surface area contributed by atoms with E-state index in [4.69, 9.17) is 17.3 Å². The Morgan fingerprint density at radius 1 is 1.86 bits per heavy atom. The third-order valence-corrected chi connectivity index (χ3v) is 0.382. The van der Waals surface area contributed by atoms with Gasteiger partial charge >= 0.3 is 0 Å². The minimum absolute atomic E-state index is 0.222. The van der Waals surface area contributed by atoms with Gasteiger partial charge in [-0.25, -0.2) is 4.99 Å². The van der Waals surface area contributed by atoms with Crippen molar-refractivity contribution in [2.45, 2.75) is 6.92 Å². The van der Waals surface area contributed by atoms with Crippen LogP contribution >= 0.6 is 11.6 Å². The summed E-state index contributed by atoms with van der Waals surface area (Å²) in [5, 5.41) is 0.222. The van der Waals surface area contributed by atoms with Crippen molar-refractivity contribution in [3.05, 3.63) is 11.7 Å². The zero-order valence-corrected chi connectivity index (χ0v) is 4.87. The maximum atomic E-state index is 5.21. The molecule has 3 heteroatoms. The first-order valence-electron chi connectivity index (χ1n) is 1.78. The van der Waals surface area contributed by atoms with Crippen LogP contribution in [0.5, 0.6) is 0 Å². The highest BCUT2D eigenvalue weighted by molar-refractivity contribution is 6.29. The number of amidine groups is 1. The Balaban J connectivity index is 3.68. The fourth-order valence-corrected chi connectivity index (χ4v) is 0.325. The van der Waals surface area contributed by atoms with E-state index in [9.17, 15) is 0 Å². The van der Waals surface area contributed by atoms with E-state index in [1.807, 2.05) is 0 Å². The molecule has 0 aliphatic heterocycles. The van der Waals surface area contributed by atoms with E-state index in [1.54, 1.807) is 6.92 Å². The van der Waals surface area contributed by atoms with Crippen LogP contribution in [0.4, 0.5) is 0 Å². The molecule has 0 heterocycles. The molecule has 2 nitrogen and oxygen atoms in total. The van der Waals surface area contributed by atoms with Crippen LogP contribution in [-0.4, -0.2) is 5.84 Å². The van der Waals surface area contributed by atoms with E-state index in [0.29, 0.717) is 5.84 Å². The van der Waals surface area contributed by atoms with Gasteiger partial charge < -0.3 is 5.73 Å². The minimum atomic E-state index is 0.222. The van der Waals surface area contributed by atoms with Crippen LogP contribution in [0.2, 0.25) is 0 Å². The molecule has 0 saturated carbocycles. The average Bonchev–Trinajstić information content (AvgIpc) is 1.27. The van der Waals surface area contributed by atoms with Crippen molar-refractivity contribution in [1.29, 1.82) is 0 Å². The second kappa shape index (κ2) is 2.64. The minimum Gasteiger partial charge on any atom is -0.387 e. The van der Waals surface area contributed by atoms with Gasteiger partial charge in [-0.15, -0.1) is 0 Å².